The Kier molecular flexibility index (Phi) is 6.85. The third-order valence-corrected chi connectivity index (χ3v) is 0.583. The number of halogens is 6. The molecule has 0 bridgehead atoms. The third-order valence-electron chi connectivity index (χ3n) is 0.583. The molecule has 0 aromatic rings. The highest BCUT2D eigenvalue weighted by atomic mass is 19.4. The van der Waals surface area contributed by atoms with E-state index in [1.54, 1.807) is 0 Å². The van der Waals surface area contributed by atoms with Crippen LogP contribution in [0.2, 0.25) is 0 Å². The Morgan fingerprint density at radius 1 is 0.818 bits per heavy atom. The fraction of sp³-hybridized carbons (Fsp3) is 1.00. The molecule has 0 saturated heterocycles. The topological polar surface area (TPSA) is 0 Å². The second kappa shape index (κ2) is 4.46. The molecule has 0 nitrogen and oxygen atoms in total. The number of hydrogen-bond donors (Lipinski definition) is 0. The van der Waals surface area contributed by atoms with Gasteiger partial charge in [-0.25, -0.2) is 4.39 Å². The molecular weight excluding hydrogens is 174 g/mol. The number of alkyl halides is 6. The largest absolute Gasteiger partial charge is 0.456 e. The Labute approximate surface area is 61.2 Å². The Morgan fingerprint density at radius 3 is 1.09 bits per heavy atom. The maximum Gasteiger partial charge on any atom is 0.456 e. The first-order chi connectivity index (χ1) is 3.81. The summed E-state index contributed by atoms with van der Waals surface area (Å²) in [5.41, 5.74) is 0. The van der Waals surface area contributed by atoms with Gasteiger partial charge in [-0.1, -0.05) is 14.9 Å². The van der Waals surface area contributed by atoms with E-state index >= 15 is 0 Å². The highest BCUT2D eigenvalue weighted by Crippen LogP contribution is 2.35. The Bertz CT molecular complexity index is 93.6. The molecule has 0 aromatic heterocycles. The predicted octanol–water partition coefficient (Wildman–Crippen LogP) is 3.43. The van der Waals surface area contributed by atoms with Crippen molar-refractivity contribution < 1.29 is 26.3 Å². The average molecular weight is 184 g/mol. The first-order valence-electron chi connectivity index (χ1n) is 1.82. The summed E-state index contributed by atoms with van der Waals surface area (Å²) < 4.78 is 65.6. The molecule has 0 spiro atoms. The van der Waals surface area contributed by atoms with Gasteiger partial charge in [0.15, 0.2) is 6.67 Å². The molecule has 72 valence electrons. The van der Waals surface area contributed by atoms with Crippen LogP contribution in [0.5, 0.6) is 0 Å². The molecule has 6 heteroatoms. The van der Waals surface area contributed by atoms with Gasteiger partial charge in [-0.05, 0) is 0 Å². The Hall–Kier alpha value is -0.420. The van der Waals surface area contributed by atoms with Crippen LogP contribution in [0.3, 0.4) is 0 Å². The van der Waals surface area contributed by atoms with Crippen molar-refractivity contribution in [1.82, 2.24) is 0 Å². The highest BCUT2D eigenvalue weighted by Gasteiger charge is 2.57. The molecule has 0 aliphatic carbocycles. The predicted molar refractivity (Wildman–Crippen MR) is 30.4 cm³/mol. The summed E-state index contributed by atoms with van der Waals surface area (Å²) >= 11 is 0. The van der Waals surface area contributed by atoms with Gasteiger partial charge in [-0.15, -0.1) is 0 Å². The Morgan fingerprint density at radius 2 is 1.09 bits per heavy atom. The van der Waals surface area contributed by atoms with Crippen molar-refractivity contribution >= 4 is 0 Å². The van der Waals surface area contributed by atoms with E-state index in [9.17, 15) is 26.3 Å². The molecule has 0 N–H and O–H groups in total. The van der Waals surface area contributed by atoms with E-state index in [4.69, 9.17) is 0 Å². The molecule has 0 aromatic carbocycles. The van der Waals surface area contributed by atoms with Crippen LogP contribution in [0.1, 0.15) is 14.9 Å². The summed E-state index contributed by atoms with van der Waals surface area (Å²) in [5, 5.41) is 0. The number of hydrogen-bond acceptors (Lipinski definition) is 0. The zero-order valence-corrected chi connectivity index (χ0v) is 3.97. The Balaban J connectivity index is -0.000000320. The van der Waals surface area contributed by atoms with Gasteiger partial charge < -0.3 is 0 Å². The monoisotopic (exact) mass is 184 g/mol. The van der Waals surface area contributed by atoms with E-state index in [1.807, 2.05) is 0 Å². The lowest BCUT2D eigenvalue weighted by Crippen LogP contribution is -2.38. The van der Waals surface area contributed by atoms with Crippen molar-refractivity contribution in [3.63, 3.8) is 0 Å². The minimum Gasteiger partial charge on any atom is -0.244 e. The molecular formula is C5H10F6. The molecule has 0 unspecified atom stereocenters. The summed E-state index contributed by atoms with van der Waals surface area (Å²) in [6.45, 7) is -2.70. The van der Waals surface area contributed by atoms with Crippen LogP contribution < -0.4 is 0 Å². The molecule has 0 saturated carbocycles. The lowest BCUT2D eigenvalue weighted by atomic mass is 10.4. The minimum absolute atomic E-state index is 0. The maximum absolute atomic E-state index is 11.2. The normalized spacial score (nSPS) is 11.5. The smallest absolute Gasteiger partial charge is 0.244 e. The molecule has 0 aliphatic rings. The molecule has 0 fully saturated rings. The first kappa shape index (κ1) is 16.9. The third kappa shape index (κ3) is 4.10. The zero-order chi connectivity index (χ0) is 7.71. The standard InChI is InChI=1S/C3H2F6.2CH4/c4-1-2(5,6)3(7,8)9;;/h1H2;2*1H4. The van der Waals surface area contributed by atoms with Gasteiger partial charge in [0.25, 0.3) is 0 Å². The van der Waals surface area contributed by atoms with Crippen LogP contribution >= 0.6 is 0 Å². The van der Waals surface area contributed by atoms with Gasteiger partial charge in [0, 0.05) is 0 Å². The molecule has 0 amide bonds. The fourth-order valence-corrected chi connectivity index (χ4v) is 0.0758. The van der Waals surface area contributed by atoms with E-state index in [2.05, 4.69) is 0 Å². The molecule has 0 aliphatic heterocycles. The lowest BCUT2D eigenvalue weighted by molar-refractivity contribution is -0.286. The molecule has 11 heavy (non-hydrogen) atoms. The van der Waals surface area contributed by atoms with Gasteiger partial charge in [0.05, 0.1) is 0 Å². The number of rotatable bonds is 1. The second-order valence-corrected chi connectivity index (χ2v) is 1.34. The summed E-state index contributed by atoms with van der Waals surface area (Å²) in [7, 11) is 0. The van der Waals surface area contributed by atoms with E-state index < -0.39 is 18.8 Å². The van der Waals surface area contributed by atoms with Crippen LogP contribution in [0.25, 0.3) is 0 Å². The van der Waals surface area contributed by atoms with Crippen molar-refractivity contribution in [2.24, 2.45) is 0 Å². The zero-order valence-electron chi connectivity index (χ0n) is 3.97. The van der Waals surface area contributed by atoms with Gasteiger partial charge >= 0.3 is 12.1 Å². The summed E-state index contributed by atoms with van der Waals surface area (Å²) in [6, 6.07) is 0. The van der Waals surface area contributed by atoms with Crippen molar-refractivity contribution in [3.8, 4) is 0 Å². The van der Waals surface area contributed by atoms with E-state index in [0.29, 0.717) is 0 Å². The summed E-state index contributed by atoms with van der Waals surface area (Å²) in [5.74, 6) is -5.19. The lowest BCUT2D eigenvalue weighted by Gasteiger charge is -2.14. The van der Waals surface area contributed by atoms with Crippen LogP contribution in [0, 0.1) is 0 Å². The van der Waals surface area contributed by atoms with Gasteiger partial charge in [-0.2, -0.15) is 22.0 Å². The van der Waals surface area contributed by atoms with Gasteiger partial charge in [0.2, 0.25) is 0 Å². The van der Waals surface area contributed by atoms with Crippen LogP contribution in [-0.4, -0.2) is 18.8 Å². The van der Waals surface area contributed by atoms with Gasteiger partial charge in [-0.3, -0.25) is 0 Å². The highest BCUT2D eigenvalue weighted by molar-refractivity contribution is 4.73. The SMILES string of the molecule is C.C.FCC(F)(F)C(F)(F)F. The average Bonchev–Trinajstić information content (AvgIpc) is 1.64. The molecule has 0 atom stereocenters. The fourth-order valence-electron chi connectivity index (χ4n) is 0.0758. The van der Waals surface area contributed by atoms with Crippen LogP contribution in [0.4, 0.5) is 26.3 Å². The van der Waals surface area contributed by atoms with Crippen molar-refractivity contribution in [3.05, 3.63) is 0 Å². The van der Waals surface area contributed by atoms with Crippen LogP contribution in [-0.2, 0) is 0 Å². The molecule has 0 radical (unpaired) electrons. The minimum atomic E-state index is -5.76. The first-order valence-corrected chi connectivity index (χ1v) is 1.82. The van der Waals surface area contributed by atoms with E-state index in [-0.39, 0.29) is 14.9 Å². The van der Waals surface area contributed by atoms with Crippen LogP contribution in [0.15, 0.2) is 0 Å². The van der Waals surface area contributed by atoms with Crippen molar-refractivity contribution in [1.29, 1.82) is 0 Å². The van der Waals surface area contributed by atoms with Crippen molar-refractivity contribution in [2.45, 2.75) is 27.0 Å². The van der Waals surface area contributed by atoms with E-state index in [0.717, 1.165) is 0 Å². The molecule has 0 rings (SSSR count). The quantitative estimate of drug-likeness (QED) is 0.547. The van der Waals surface area contributed by atoms with Gasteiger partial charge in [0.1, 0.15) is 0 Å². The maximum atomic E-state index is 11.2. The molecule has 0 heterocycles. The second-order valence-electron chi connectivity index (χ2n) is 1.34. The summed E-state index contributed by atoms with van der Waals surface area (Å²) in [6.07, 6.45) is -5.76. The van der Waals surface area contributed by atoms with E-state index in [1.165, 1.54) is 0 Å². The summed E-state index contributed by atoms with van der Waals surface area (Å²) in [4.78, 5) is 0. The van der Waals surface area contributed by atoms with Crippen molar-refractivity contribution in [2.75, 3.05) is 6.67 Å².